The molecular formula is C14H23N. The van der Waals surface area contributed by atoms with E-state index in [0.717, 1.165) is 12.0 Å². The minimum atomic E-state index is 1.00. The second-order valence-corrected chi connectivity index (χ2v) is 6.52. The van der Waals surface area contributed by atoms with Gasteiger partial charge in [0.15, 0.2) is 0 Å². The van der Waals surface area contributed by atoms with E-state index < -0.39 is 0 Å². The molecular weight excluding hydrogens is 182 g/mol. The van der Waals surface area contributed by atoms with Gasteiger partial charge in [0.2, 0.25) is 0 Å². The first-order chi connectivity index (χ1) is 7.42. The van der Waals surface area contributed by atoms with Crippen molar-refractivity contribution in [2.45, 2.75) is 51.0 Å². The van der Waals surface area contributed by atoms with E-state index in [1.165, 1.54) is 62.9 Å². The molecule has 0 aromatic rings. The van der Waals surface area contributed by atoms with Crippen molar-refractivity contribution < 1.29 is 0 Å². The maximum Gasteiger partial charge on any atom is 0.00952 e. The molecule has 0 aromatic heterocycles. The van der Waals surface area contributed by atoms with Gasteiger partial charge in [0.25, 0.3) is 0 Å². The van der Waals surface area contributed by atoms with Gasteiger partial charge in [-0.15, -0.1) is 0 Å². The smallest absolute Gasteiger partial charge is 0.00952 e. The summed E-state index contributed by atoms with van der Waals surface area (Å²) >= 11 is 0. The van der Waals surface area contributed by atoms with Crippen LogP contribution in [0.5, 0.6) is 0 Å². The molecule has 3 atom stereocenters. The van der Waals surface area contributed by atoms with Crippen molar-refractivity contribution in [3.63, 3.8) is 0 Å². The van der Waals surface area contributed by atoms with Crippen LogP contribution in [0.3, 0.4) is 0 Å². The van der Waals surface area contributed by atoms with Gasteiger partial charge < -0.3 is 4.90 Å². The third-order valence-corrected chi connectivity index (χ3v) is 5.87. The summed E-state index contributed by atoms with van der Waals surface area (Å²) in [5, 5.41) is 0. The summed E-state index contributed by atoms with van der Waals surface area (Å²) in [6.07, 6.45) is 10.8. The van der Waals surface area contributed by atoms with Crippen LogP contribution in [0.25, 0.3) is 0 Å². The van der Waals surface area contributed by atoms with Crippen LogP contribution in [0.2, 0.25) is 0 Å². The highest BCUT2D eigenvalue weighted by Gasteiger charge is 2.55. The van der Waals surface area contributed by atoms with Gasteiger partial charge in [-0.3, -0.25) is 0 Å². The summed E-state index contributed by atoms with van der Waals surface area (Å²) in [5.74, 6) is 4.73. The minimum Gasteiger partial charge on any atom is -0.300 e. The number of likely N-dealkylation sites (tertiary alicyclic amines) is 1. The standard InChI is InChI=1S/C14H23N/c1-2-12(3-1)15-6-4-10(5-7-15)13-8-11-9-14(11)13/h10-14H,1-9H2. The van der Waals surface area contributed by atoms with Gasteiger partial charge in [-0.05, 0) is 75.3 Å². The molecule has 1 heteroatoms. The van der Waals surface area contributed by atoms with Crippen LogP contribution in [0.15, 0.2) is 0 Å². The molecule has 1 aliphatic heterocycles. The Bertz CT molecular complexity index is 250. The fourth-order valence-electron chi connectivity index (χ4n) is 4.40. The summed E-state index contributed by atoms with van der Waals surface area (Å²) in [4.78, 5) is 2.79. The molecule has 3 saturated carbocycles. The Kier molecular flexibility index (Phi) is 1.94. The molecule has 15 heavy (non-hydrogen) atoms. The average Bonchev–Trinajstić information content (AvgIpc) is 2.77. The molecule has 1 saturated heterocycles. The van der Waals surface area contributed by atoms with Crippen LogP contribution in [0.4, 0.5) is 0 Å². The number of hydrogen-bond donors (Lipinski definition) is 0. The lowest BCUT2D eigenvalue weighted by Gasteiger charge is -2.44. The highest BCUT2D eigenvalue weighted by Crippen LogP contribution is 2.63. The molecule has 1 heterocycles. The predicted octanol–water partition coefficient (Wildman–Crippen LogP) is 2.91. The zero-order valence-corrected chi connectivity index (χ0v) is 9.70. The second-order valence-electron chi connectivity index (χ2n) is 6.52. The van der Waals surface area contributed by atoms with E-state index in [-0.39, 0.29) is 0 Å². The van der Waals surface area contributed by atoms with Crippen LogP contribution in [0.1, 0.15) is 44.9 Å². The maximum atomic E-state index is 2.79. The molecule has 0 N–H and O–H groups in total. The fourth-order valence-corrected chi connectivity index (χ4v) is 4.40. The third kappa shape index (κ3) is 1.39. The van der Waals surface area contributed by atoms with Crippen molar-refractivity contribution >= 4 is 0 Å². The minimum absolute atomic E-state index is 1.00. The number of hydrogen-bond acceptors (Lipinski definition) is 1. The third-order valence-electron chi connectivity index (χ3n) is 5.87. The van der Waals surface area contributed by atoms with Crippen molar-refractivity contribution in [2.24, 2.45) is 23.7 Å². The Labute approximate surface area is 93.2 Å². The molecule has 1 nitrogen and oxygen atoms in total. The van der Waals surface area contributed by atoms with E-state index in [0.29, 0.717) is 0 Å². The lowest BCUT2D eigenvalue weighted by Crippen LogP contribution is -2.46. The van der Waals surface area contributed by atoms with E-state index in [1.807, 2.05) is 0 Å². The van der Waals surface area contributed by atoms with E-state index in [9.17, 15) is 0 Å². The number of fused-ring (bicyclic) bond motifs is 1. The molecule has 4 rings (SSSR count). The maximum absolute atomic E-state index is 2.79. The van der Waals surface area contributed by atoms with E-state index in [1.54, 1.807) is 12.8 Å². The summed E-state index contributed by atoms with van der Waals surface area (Å²) < 4.78 is 0. The number of rotatable bonds is 2. The molecule has 3 aliphatic carbocycles. The van der Waals surface area contributed by atoms with Gasteiger partial charge in [-0.25, -0.2) is 0 Å². The van der Waals surface area contributed by atoms with Gasteiger partial charge >= 0.3 is 0 Å². The zero-order valence-electron chi connectivity index (χ0n) is 9.70. The highest BCUT2D eigenvalue weighted by molar-refractivity contribution is 5.05. The Morgan fingerprint density at radius 2 is 1.40 bits per heavy atom. The highest BCUT2D eigenvalue weighted by atomic mass is 15.2. The quantitative estimate of drug-likeness (QED) is 0.670. The Balaban J connectivity index is 1.31. The van der Waals surface area contributed by atoms with E-state index >= 15 is 0 Å². The fraction of sp³-hybridized carbons (Fsp3) is 1.00. The second kappa shape index (κ2) is 3.23. The monoisotopic (exact) mass is 205 g/mol. The SMILES string of the molecule is C1CC(N2CCC(C3CC4CC43)CC2)C1. The Morgan fingerprint density at radius 3 is 1.87 bits per heavy atom. The molecule has 3 unspecified atom stereocenters. The lowest BCUT2D eigenvalue weighted by molar-refractivity contribution is 0.0491. The Hall–Kier alpha value is -0.0400. The van der Waals surface area contributed by atoms with Gasteiger partial charge in [0, 0.05) is 6.04 Å². The van der Waals surface area contributed by atoms with Crippen molar-refractivity contribution in [3.8, 4) is 0 Å². The number of nitrogens with zero attached hydrogens (tertiary/aromatic N) is 1. The van der Waals surface area contributed by atoms with Crippen LogP contribution in [0, 0.1) is 23.7 Å². The summed E-state index contributed by atoms with van der Waals surface area (Å²) in [6.45, 7) is 2.87. The van der Waals surface area contributed by atoms with E-state index in [2.05, 4.69) is 4.90 Å². The van der Waals surface area contributed by atoms with Crippen molar-refractivity contribution in [3.05, 3.63) is 0 Å². The topological polar surface area (TPSA) is 3.24 Å². The van der Waals surface area contributed by atoms with Crippen molar-refractivity contribution in [2.75, 3.05) is 13.1 Å². The van der Waals surface area contributed by atoms with Gasteiger partial charge in [0.1, 0.15) is 0 Å². The van der Waals surface area contributed by atoms with Crippen LogP contribution < -0.4 is 0 Å². The first-order valence-electron chi connectivity index (χ1n) is 7.16. The first-order valence-corrected chi connectivity index (χ1v) is 7.16. The first kappa shape index (κ1) is 9.04. The molecule has 4 fully saturated rings. The molecule has 0 bridgehead atoms. The van der Waals surface area contributed by atoms with Crippen molar-refractivity contribution in [1.29, 1.82) is 0 Å². The van der Waals surface area contributed by atoms with Crippen LogP contribution in [-0.4, -0.2) is 24.0 Å². The van der Waals surface area contributed by atoms with Crippen LogP contribution in [-0.2, 0) is 0 Å². The van der Waals surface area contributed by atoms with E-state index in [4.69, 9.17) is 0 Å². The molecule has 84 valence electrons. The normalized spacial score (nSPS) is 46.8. The summed E-state index contributed by atoms with van der Waals surface area (Å²) in [5.41, 5.74) is 0. The Morgan fingerprint density at radius 1 is 0.733 bits per heavy atom. The molecule has 4 aliphatic rings. The lowest BCUT2D eigenvalue weighted by atomic mass is 9.71. The van der Waals surface area contributed by atoms with Gasteiger partial charge in [-0.1, -0.05) is 6.42 Å². The van der Waals surface area contributed by atoms with Gasteiger partial charge in [-0.2, -0.15) is 0 Å². The summed E-state index contributed by atoms with van der Waals surface area (Å²) in [6, 6.07) is 1.00. The van der Waals surface area contributed by atoms with Gasteiger partial charge in [0.05, 0.1) is 0 Å². The predicted molar refractivity (Wildman–Crippen MR) is 61.6 cm³/mol. The number of piperidine rings is 1. The average molecular weight is 205 g/mol. The van der Waals surface area contributed by atoms with Crippen LogP contribution >= 0.6 is 0 Å². The summed E-state index contributed by atoms with van der Waals surface area (Å²) in [7, 11) is 0. The largest absolute Gasteiger partial charge is 0.300 e. The zero-order chi connectivity index (χ0) is 9.83. The molecule has 0 aromatic carbocycles. The molecule has 0 spiro atoms. The van der Waals surface area contributed by atoms with Crippen molar-refractivity contribution in [1.82, 2.24) is 4.90 Å². The molecule has 0 amide bonds. The molecule has 0 radical (unpaired) electrons.